The number of hydrogen-bond donors (Lipinski definition) is 1. The van der Waals surface area contributed by atoms with Crippen molar-refractivity contribution in [3.8, 4) is 0 Å². The van der Waals surface area contributed by atoms with E-state index in [0.717, 1.165) is 51.0 Å². The number of carbonyl (C=O) groups excluding carboxylic acids is 2. The molecule has 2 amide bonds. The van der Waals surface area contributed by atoms with Gasteiger partial charge in [0.1, 0.15) is 5.82 Å². The molecular weight excluding hydrogens is 392 g/mol. The molecule has 7 heteroatoms. The lowest BCUT2D eigenvalue weighted by Gasteiger charge is -2.57. The van der Waals surface area contributed by atoms with E-state index in [1.165, 1.54) is 5.56 Å². The van der Waals surface area contributed by atoms with Crippen molar-refractivity contribution in [3.05, 3.63) is 23.9 Å². The fourth-order valence-corrected chi connectivity index (χ4v) is 6.33. The van der Waals surface area contributed by atoms with E-state index in [-0.39, 0.29) is 29.8 Å². The van der Waals surface area contributed by atoms with Gasteiger partial charge in [-0.2, -0.15) is 0 Å². The SMILES string of the molecule is Cc1cccnc1N1C[C@H]2C[C@@H](C1)[C@H](CNC(=O)C1CCOCC1)N1C(=O)CCC[C@@H]21. The molecule has 4 saturated heterocycles. The van der Waals surface area contributed by atoms with Gasteiger partial charge in [0.15, 0.2) is 0 Å². The number of aryl methyl sites for hydroxylation is 1. The summed E-state index contributed by atoms with van der Waals surface area (Å²) < 4.78 is 5.40. The van der Waals surface area contributed by atoms with E-state index in [1.54, 1.807) is 0 Å². The van der Waals surface area contributed by atoms with Crippen LogP contribution in [0.25, 0.3) is 0 Å². The van der Waals surface area contributed by atoms with Crippen molar-refractivity contribution in [2.24, 2.45) is 17.8 Å². The summed E-state index contributed by atoms with van der Waals surface area (Å²) in [6, 6.07) is 4.47. The molecule has 0 aromatic carbocycles. The summed E-state index contributed by atoms with van der Waals surface area (Å²) in [7, 11) is 0. The molecule has 4 atom stereocenters. The molecule has 7 nitrogen and oxygen atoms in total. The zero-order valence-corrected chi connectivity index (χ0v) is 18.5. The first-order chi connectivity index (χ1) is 15.1. The lowest BCUT2D eigenvalue weighted by Crippen LogP contribution is -2.67. The van der Waals surface area contributed by atoms with Gasteiger partial charge in [-0.25, -0.2) is 4.98 Å². The monoisotopic (exact) mass is 426 g/mol. The van der Waals surface area contributed by atoms with E-state index >= 15 is 0 Å². The highest BCUT2D eigenvalue weighted by Crippen LogP contribution is 2.42. The standard InChI is InChI=1S/C24H34N4O3/c1-16-4-3-9-25-23(16)27-14-18-12-19(15-27)21(28-20(18)5-2-6-22(28)29)13-26-24(30)17-7-10-31-11-8-17/h3-4,9,17-21H,2,5-8,10-15H2,1H3,(H,26,30)/t18-,19+,20+,21+/m1/s1. The van der Waals surface area contributed by atoms with Crippen LogP contribution < -0.4 is 10.2 Å². The first-order valence-corrected chi connectivity index (χ1v) is 11.9. The molecule has 4 fully saturated rings. The van der Waals surface area contributed by atoms with Gasteiger partial charge in [-0.15, -0.1) is 0 Å². The molecule has 1 aromatic heterocycles. The third-order valence-corrected chi connectivity index (χ3v) is 7.86. The number of piperidine rings is 3. The lowest BCUT2D eigenvalue weighted by atomic mass is 9.72. The van der Waals surface area contributed by atoms with Gasteiger partial charge >= 0.3 is 0 Å². The summed E-state index contributed by atoms with van der Waals surface area (Å²) in [5, 5.41) is 3.22. The van der Waals surface area contributed by atoms with Crippen LogP contribution in [0.4, 0.5) is 5.82 Å². The second-order valence-corrected chi connectivity index (χ2v) is 9.76. The number of nitrogens with zero attached hydrogens (tertiary/aromatic N) is 3. The predicted molar refractivity (Wildman–Crippen MR) is 118 cm³/mol. The van der Waals surface area contributed by atoms with E-state index in [4.69, 9.17) is 4.74 Å². The number of ether oxygens (including phenoxy) is 1. The van der Waals surface area contributed by atoms with Gasteiger partial charge < -0.3 is 19.9 Å². The first kappa shape index (κ1) is 20.7. The maximum Gasteiger partial charge on any atom is 0.223 e. The molecule has 168 valence electrons. The summed E-state index contributed by atoms with van der Waals surface area (Å²) in [5.74, 6) is 2.34. The Kier molecular flexibility index (Phi) is 5.87. The Morgan fingerprint density at radius 2 is 2.03 bits per heavy atom. The topological polar surface area (TPSA) is 74.8 Å². The smallest absolute Gasteiger partial charge is 0.223 e. The Labute approximate surface area is 184 Å². The number of pyridine rings is 1. The highest BCUT2D eigenvalue weighted by molar-refractivity contribution is 5.80. The zero-order valence-electron chi connectivity index (χ0n) is 18.5. The van der Waals surface area contributed by atoms with Crippen LogP contribution in [0.15, 0.2) is 18.3 Å². The molecular formula is C24H34N4O3. The van der Waals surface area contributed by atoms with Gasteiger partial charge in [0, 0.05) is 57.4 Å². The van der Waals surface area contributed by atoms with Gasteiger partial charge in [0.05, 0.1) is 6.04 Å². The number of nitrogens with one attached hydrogen (secondary N) is 1. The van der Waals surface area contributed by atoms with Crippen molar-refractivity contribution in [3.63, 3.8) is 0 Å². The minimum Gasteiger partial charge on any atom is -0.381 e. The fraction of sp³-hybridized carbons (Fsp3) is 0.708. The second-order valence-electron chi connectivity index (χ2n) is 9.76. The van der Waals surface area contributed by atoms with Crippen molar-refractivity contribution in [1.82, 2.24) is 15.2 Å². The highest BCUT2D eigenvalue weighted by Gasteiger charge is 2.49. The fourth-order valence-electron chi connectivity index (χ4n) is 6.33. The van der Waals surface area contributed by atoms with Crippen LogP contribution in [0.1, 0.15) is 44.1 Å². The zero-order chi connectivity index (χ0) is 21.4. The Hall–Kier alpha value is -2.15. The molecule has 5 rings (SSSR count). The number of anilines is 1. The summed E-state index contributed by atoms with van der Waals surface area (Å²) in [6.45, 7) is 5.86. The van der Waals surface area contributed by atoms with Crippen LogP contribution in [0.5, 0.6) is 0 Å². The summed E-state index contributed by atoms with van der Waals surface area (Å²) in [4.78, 5) is 35.1. The quantitative estimate of drug-likeness (QED) is 0.799. The maximum absolute atomic E-state index is 13.0. The van der Waals surface area contributed by atoms with E-state index in [9.17, 15) is 9.59 Å². The summed E-state index contributed by atoms with van der Waals surface area (Å²) in [6.07, 6.45) is 7.28. The molecule has 0 radical (unpaired) electrons. The molecule has 5 heterocycles. The second kappa shape index (κ2) is 8.77. The van der Waals surface area contributed by atoms with Crippen LogP contribution in [0.3, 0.4) is 0 Å². The van der Waals surface area contributed by atoms with Gasteiger partial charge in [-0.1, -0.05) is 6.07 Å². The molecule has 0 saturated carbocycles. The van der Waals surface area contributed by atoms with Crippen molar-refractivity contribution in [2.75, 3.05) is 37.7 Å². The first-order valence-electron chi connectivity index (χ1n) is 11.9. The Bertz CT molecular complexity index is 825. The number of hydrogen-bond acceptors (Lipinski definition) is 5. The Morgan fingerprint density at radius 1 is 1.23 bits per heavy atom. The molecule has 0 spiro atoms. The molecule has 1 aromatic rings. The average Bonchev–Trinajstić information content (AvgIpc) is 2.80. The number of aromatic nitrogens is 1. The number of carbonyl (C=O) groups is 2. The lowest BCUT2D eigenvalue weighted by molar-refractivity contribution is -0.149. The number of fused-ring (bicyclic) bond motifs is 4. The Balaban J connectivity index is 1.35. The van der Waals surface area contributed by atoms with Crippen molar-refractivity contribution >= 4 is 17.6 Å². The summed E-state index contributed by atoms with van der Waals surface area (Å²) >= 11 is 0. The summed E-state index contributed by atoms with van der Waals surface area (Å²) in [5.41, 5.74) is 1.20. The minimum absolute atomic E-state index is 0.0389. The van der Waals surface area contributed by atoms with Crippen LogP contribution in [0.2, 0.25) is 0 Å². The molecule has 0 unspecified atom stereocenters. The van der Waals surface area contributed by atoms with Gasteiger partial charge in [-0.05, 0) is 62.5 Å². The van der Waals surface area contributed by atoms with E-state index in [0.29, 0.717) is 38.0 Å². The average molecular weight is 427 g/mol. The van der Waals surface area contributed by atoms with E-state index in [2.05, 4.69) is 33.1 Å². The molecule has 0 aliphatic carbocycles. The van der Waals surface area contributed by atoms with Crippen molar-refractivity contribution in [1.29, 1.82) is 0 Å². The third-order valence-electron chi connectivity index (χ3n) is 7.86. The number of amides is 2. The molecule has 4 aliphatic rings. The largest absolute Gasteiger partial charge is 0.381 e. The van der Waals surface area contributed by atoms with Crippen LogP contribution >= 0.6 is 0 Å². The Morgan fingerprint density at radius 3 is 2.84 bits per heavy atom. The highest BCUT2D eigenvalue weighted by atomic mass is 16.5. The van der Waals surface area contributed by atoms with Crippen molar-refractivity contribution < 1.29 is 14.3 Å². The maximum atomic E-state index is 13.0. The number of rotatable bonds is 4. The third kappa shape index (κ3) is 4.04. The van der Waals surface area contributed by atoms with E-state index in [1.807, 2.05) is 12.3 Å². The minimum atomic E-state index is 0.0389. The van der Waals surface area contributed by atoms with Crippen LogP contribution in [-0.4, -0.2) is 66.6 Å². The van der Waals surface area contributed by atoms with Gasteiger partial charge in [0.25, 0.3) is 0 Å². The predicted octanol–water partition coefficient (Wildman–Crippen LogP) is 2.14. The van der Waals surface area contributed by atoms with Crippen LogP contribution in [0, 0.1) is 24.7 Å². The van der Waals surface area contributed by atoms with E-state index < -0.39 is 0 Å². The molecule has 31 heavy (non-hydrogen) atoms. The van der Waals surface area contributed by atoms with Crippen LogP contribution in [-0.2, 0) is 14.3 Å². The van der Waals surface area contributed by atoms with Gasteiger partial charge in [0.2, 0.25) is 11.8 Å². The molecule has 4 aliphatic heterocycles. The molecule has 2 bridgehead atoms. The molecule has 1 N–H and O–H groups in total. The normalized spacial score (nSPS) is 31.3. The van der Waals surface area contributed by atoms with Crippen molar-refractivity contribution in [2.45, 2.75) is 57.5 Å². The van der Waals surface area contributed by atoms with Gasteiger partial charge in [-0.3, -0.25) is 9.59 Å².